The minimum Gasteiger partial charge on any atom is -0.372 e. The van der Waals surface area contributed by atoms with Crippen LogP contribution in [0.1, 0.15) is 33.6 Å². The van der Waals surface area contributed by atoms with Gasteiger partial charge in [-0.15, -0.1) is 0 Å². The van der Waals surface area contributed by atoms with Gasteiger partial charge in [0.2, 0.25) is 0 Å². The van der Waals surface area contributed by atoms with E-state index in [1.807, 2.05) is 0 Å². The molecule has 1 rings (SSSR count). The van der Waals surface area contributed by atoms with E-state index in [0.29, 0.717) is 6.10 Å². The fourth-order valence-corrected chi connectivity index (χ4v) is 1.62. The zero-order valence-corrected chi connectivity index (χ0v) is 9.12. The number of hydrogen-bond donors (Lipinski definition) is 0. The van der Waals surface area contributed by atoms with Crippen LogP contribution in [-0.4, -0.2) is 35.9 Å². The predicted molar refractivity (Wildman–Crippen MR) is 53.6 cm³/mol. The molecule has 80 valence electrons. The van der Waals surface area contributed by atoms with Gasteiger partial charge in [-0.2, -0.15) is 0 Å². The maximum absolute atomic E-state index is 10.0. The van der Waals surface area contributed by atoms with Gasteiger partial charge in [0.05, 0.1) is 11.7 Å². The molecule has 0 spiro atoms. The third-order valence-corrected chi connectivity index (χ3v) is 2.12. The summed E-state index contributed by atoms with van der Waals surface area (Å²) in [6, 6.07) is 0. The molecule has 0 amide bonds. The van der Waals surface area contributed by atoms with Gasteiger partial charge in [-0.25, -0.2) is 4.79 Å². The summed E-state index contributed by atoms with van der Waals surface area (Å²) in [5, 5.41) is 5.33. The van der Waals surface area contributed by atoms with Crippen molar-refractivity contribution in [2.45, 2.75) is 45.3 Å². The largest absolute Gasteiger partial charge is 0.372 e. The molecule has 0 N–H and O–H groups in total. The highest BCUT2D eigenvalue weighted by Crippen LogP contribution is 2.19. The van der Waals surface area contributed by atoms with Gasteiger partial charge in [0, 0.05) is 13.1 Å². The van der Waals surface area contributed by atoms with E-state index in [2.05, 4.69) is 25.9 Å². The topological polar surface area (TPSA) is 41.9 Å². The monoisotopic (exact) mass is 198 g/mol. The summed E-state index contributed by atoms with van der Waals surface area (Å²) < 4.78 is 5.84. The van der Waals surface area contributed by atoms with Crippen LogP contribution >= 0.6 is 0 Å². The summed E-state index contributed by atoms with van der Waals surface area (Å²) >= 11 is 0. The summed E-state index contributed by atoms with van der Waals surface area (Å²) in [5.41, 5.74) is -0.0826. The molecule has 0 unspecified atom stereocenters. The standard InChI is InChI=1S/C10H18N2O2/c1-10(2,3)14-9-4-6-12(7-5-9)11-8-13/h9H,4-7H2,1-3H3. The third kappa shape index (κ3) is 3.90. The van der Waals surface area contributed by atoms with Gasteiger partial charge in [0.25, 0.3) is 6.08 Å². The van der Waals surface area contributed by atoms with E-state index in [0.717, 1.165) is 25.9 Å². The quantitative estimate of drug-likeness (QED) is 0.499. The number of rotatable bonds is 2. The molecule has 0 aromatic carbocycles. The molecule has 0 atom stereocenters. The van der Waals surface area contributed by atoms with Crippen LogP contribution in [0.3, 0.4) is 0 Å². The first kappa shape index (κ1) is 11.2. The van der Waals surface area contributed by atoms with Crippen LogP contribution in [0, 0.1) is 0 Å². The summed E-state index contributed by atoms with van der Waals surface area (Å²) in [6.45, 7) is 7.75. The molecular formula is C10H18N2O2. The molecule has 4 heteroatoms. The number of nitrogens with zero attached hydrogens (tertiary/aromatic N) is 2. The normalized spacial score (nSPS) is 19.2. The molecule has 0 aromatic heterocycles. The number of piperidine rings is 1. The number of isocyanates is 1. The van der Waals surface area contributed by atoms with Gasteiger partial charge >= 0.3 is 0 Å². The molecule has 0 radical (unpaired) electrons. The van der Waals surface area contributed by atoms with Crippen molar-refractivity contribution >= 4 is 6.08 Å². The zero-order valence-electron chi connectivity index (χ0n) is 9.12. The Kier molecular flexibility index (Phi) is 3.67. The van der Waals surface area contributed by atoms with Crippen molar-refractivity contribution in [3.8, 4) is 0 Å². The Morgan fingerprint density at radius 3 is 2.36 bits per heavy atom. The van der Waals surface area contributed by atoms with E-state index >= 15 is 0 Å². The number of hydrogen-bond acceptors (Lipinski definition) is 4. The summed E-state index contributed by atoms with van der Waals surface area (Å²) in [4.78, 5) is 10.0. The molecular weight excluding hydrogens is 180 g/mol. The lowest BCUT2D eigenvalue weighted by atomic mass is 10.1. The summed E-state index contributed by atoms with van der Waals surface area (Å²) in [7, 11) is 0. The van der Waals surface area contributed by atoms with Crippen molar-refractivity contribution < 1.29 is 9.53 Å². The molecule has 1 heterocycles. The first-order valence-corrected chi connectivity index (χ1v) is 5.02. The number of ether oxygens (including phenoxy) is 1. The van der Waals surface area contributed by atoms with Gasteiger partial charge in [-0.05, 0) is 33.6 Å². The minimum absolute atomic E-state index is 0.0826. The van der Waals surface area contributed by atoms with Gasteiger partial charge in [0.15, 0.2) is 0 Å². The highest BCUT2D eigenvalue weighted by Gasteiger charge is 2.23. The third-order valence-electron chi connectivity index (χ3n) is 2.12. The molecule has 0 saturated carbocycles. The Bertz CT molecular complexity index is 221. The molecule has 1 aliphatic rings. The van der Waals surface area contributed by atoms with Crippen LogP contribution in [0.25, 0.3) is 0 Å². The molecule has 0 bridgehead atoms. The fraction of sp³-hybridized carbons (Fsp3) is 0.900. The highest BCUT2D eigenvalue weighted by atomic mass is 16.5. The van der Waals surface area contributed by atoms with E-state index in [-0.39, 0.29) is 5.60 Å². The van der Waals surface area contributed by atoms with E-state index in [9.17, 15) is 4.79 Å². The Balaban J connectivity index is 2.32. The van der Waals surface area contributed by atoms with Crippen LogP contribution in [0.4, 0.5) is 0 Å². The van der Waals surface area contributed by atoms with E-state index in [4.69, 9.17) is 4.74 Å². The second-order valence-corrected chi connectivity index (χ2v) is 4.57. The molecule has 14 heavy (non-hydrogen) atoms. The van der Waals surface area contributed by atoms with Gasteiger partial charge < -0.3 is 4.74 Å². The molecule has 1 saturated heterocycles. The van der Waals surface area contributed by atoms with Crippen molar-refractivity contribution in [1.29, 1.82) is 0 Å². The average Bonchev–Trinajstić information content (AvgIpc) is 2.06. The van der Waals surface area contributed by atoms with Crippen LogP contribution in [0.15, 0.2) is 5.10 Å². The number of carbonyl (C=O) groups excluding carboxylic acids is 1. The summed E-state index contributed by atoms with van der Waals surface area (Å²) in [5.74, 6) is 0. The van der Waals surface area contributed by atoms with E-state index in [1.165, 1.54) is 0 Å². The molecule has 4 nitrogen and oxygen atoms in total. The Hall–Kier alpha value is -0.860. The lowest BCUT2D eigenvalue weighted by molar-refractivity contribution is -0.0818. The molecule has 0 aromatic rings. The second-order valence-electron chi connectivity index (χ2n) is 4.57. The van der Waals surface area contributed by atoms with Crippen molar-refractivity contribution in [3.05, 3.63) is 0 Å². The fourth-order valence-electron chi connectivity index (χ4n) is 1.62. The van der Waals surface area contributed by atoms with Crippen LogP contribution in [-0.2, 0) is 9.53 Å². The van der Waals surface area contributed by atoms with Crippen molar-refractivity contribution in [2.24, 2.45) is 5.10 Å². The average molecular weight is 198 g/mol. The minimum atomic E-state index is -0.0826. The molecule has 1 fully saturated rings. The molecule has 1 aliphatic heterocycles. The van der Waals surface area contributed by atoms with Gasteiger partial charge in [-0.3, -0.25) is 5.01 Å². The SMILES string of the molecule is CC(C)(C)OC1CCN(N=C=O)CC1. The Morgan fingerprint density at radius 1 is 1.36 bits per heavy atom. The highest BCUT2D eigenvalue weighted by molar-refractivity contribution is 5.32. The van der Waals surface area contributed by atoms with Crippen LogP contribution in [0.5, 0.6) is 0 Å². The first-order valence-electron chi connectivity index (χ1n) is 5.02. The van der Waals surface area contributed by atoms with Crippen molar-refractivity contribution in [2.75, 3.05) is 13.1 Å². The lowest BCUT2D eigenvalue weighted by Gasteiger charge is -2.33. The van der Waals surface area contributed by atoms with Gasteiger partial charge in [0.1, 0.15) is 0 Å². The maximum atomic E-state index is 10.0. The van der Waals surface area contributed by atoms with Crippen molar-refractivity contribution in [1.82, 2.24) is 5.01 Å². The summed E-state index contributed by atoms with van der Waals surface area (Å²) in [6.07, 6.45) is 3.73. The smallest absolute Gasteiger partial charge is 0.258 e. The Labute approximate surface area is 84.9 Å². The zero-order chi connectivity index (χ0) is 10.6. The van der Waals surface area contributed by atoms with Crippen molar-refractivity contribution in [3.63, 3.8) is 0 Å². The second kappa shape index (κ2) is 4.58. The van der Waals surface area contributed by atoms with E-state index in [1.54, 1.807) is 11.1 Å². The van der Waals surface area contributed by atoms with Crippen LogP contribution in [0.2, 0.25) is 0 Å². The van der Waals surface area contributed by atoms with Gasteiger partial charge in [-0.1, -0.05) is 5.10 Å². The lowest BCUT2D eigenvalue weighted by Crippen LogP contribution is -2.37. The Morgan fingerprint density at radius 2 is 1.93 bits per heavy atom. The molecule has 0 aliphatic carbocycles. The predicted octanol–water partition coefficient (Wildman–Crippen LogP) is 1.52. The van der Waals surface area contributed by atoms with E-state index < -0.39 is 0 Å². The maximum Gasteiger partial charge on any atom is 0.258 e. The van der Waals surface area contributed by atoms with Crippen LogP contribution < -0.4 is 0 Å². The number of hydrazone groups is 1. The first-order chi connectivity index (χ1) is 6.51.